The third-order valence-electron chi connectivity index (χ3n) is 2.36. The van der Waals surface area contributed by atoms with Gasteiger partial charge in [-0.3, -0.25) is 9.48 Å². The Hall–Kier alpha value is -1.56. The predicted octanol–water partition coefficient (Wildman–Crippen LogP) is -0.325. The third-order valence-corrected chi connectivity index (χ3v) is 2.36. The monoisotopic (exact) mass is 226 g/mol. The first kappa shape index (κ1) is 12.5. The van der Waals surface area contributed by atoms with E-state index in [1.807, 2.05) is 6.92 Å². The minimum atomic E-state index is -0.311. The molecule has 6 heteroatoms. The van der Waals surface area contributed by atoms with Crippen LogP contribution in [0.2, 0.25) is 0 Å². The number of rotatable bonds is 4. The van der Waals surface area contributed by atoms with Crippen LogP contribution in [0.4, 0.5) is 5.69 Å². The van der Waals surface area contributed by atoms with Crippen molar-refractivity contribution in [2.75, 3.05) is 12.3 Å². The van der Waals surface area contributed by atoms with Gasteiger partial charge in [0.2, 0.25) is 0 Å². The molecular weight excluding hydrogens is 208 g/mol. The first-order valence-electron chi connectivity index (χ1n) is 5.24. The summed E-state index contributed by atoms with van der Waals surface area (Å²) in [6, 6.07) is -0.299. The molecule has 0 spiro atoms. The number of nitrogen functional groups attached to an aromatic ring is 1. The van der Waals surface area contributed by atoms with Gasteiger partial charge in [0.25, 0.3) is 5.91 Å². The molecule has 0 aromatic carbocycles. The lowest BCUT2D eigenvalue weighted by Crippen LogP contribution is -2.36. The molecule has 6 nitrogen and oxygen atoms in total. The van der Waals surface area contributed by atoms with Crippen LogP contribution < -0.4 is 11.1 Å². The topological polar surface area (TPSA) is 93.2 Å². The summed E-state index contributed by atoms with van der Waals surface area (Å²) >= 11 is 0. The quantitative estimate of drug-likeness (QED) is 0.655. The van der Waals surface area contributed by atoms with E-state index in [-0.39, 0.29) is 18.6 Å². The average molecular weight is 226 g/mol. The lowest BCUT2D eigenvalue weighted by molar-refractivity contribution is 0.0913. The highest BCUT2D eigenvalue weighted by Crippen LogP contribution is 2.16. The van der Waals surface area contributed by atoms with Crippen LogP contribution in [0.15, 0.2) is 0 Å². The van der Waals surface area contributed by atoms with Crippen molar-refractivity contribution in [2.24, 2.45) is 7.05 Å². The van der Waals surface area contributed by atoms with Gasteiger partial charge in [0, 0.05) is 13.1 Å². The minimum Gasteiger partial charge on any atom is -0.395 e. The standard InChI is InChI=1S/C10H18N4O2/c1-4-7-8(11)9(14(3)13-7)10(16)12-6(2)5-15/h6,15H,4-5,11H2,1-3H3,(H,12,16). The molecule has 0 aliphatic carbocycles. The van der Waals surface area contributed by atoms with Gasteiger partial charge in [-0.15, -0.1) is 0 Å². The number of anilines is 1. The second kappa shape index (κ2) is 4.98. The highest BCUT2D eigenvalue weighted by molar-refractivity contribution is 5.98. The molecule has 0 bridgehead atoms. The number of hydrogen-bond donors (Lipinski definition) is 3. The second-order valence-corrected chi connectivity index (χ2v) is 3.74. The van der Waals surface area contributed by atoms with E-state index in [4.69, 9.17) is 10.8 Å². The molecule has 0 radical (unpaired) electrons. The van der Waals surface area contributed by atoms with Crippen molar-refractivity contribution in [1.29, 1.82) is 0 Å². The van der Waals surface area contributed by atoms with Gasteiger partial charge >= 0.3 is 0 Å². The zero-order valence-corrected chi connectivity index (χ0v) is 9.82. The normalized spacial score (nSPS) is 12.5. The Morgan fingerprint density at radius 3 is 2.75 bits per heavy atom. The maximum atomic E-state index is 11.8. The zero-order valence-electron chi connectivity index (χ0n) is 9.82. The summed E-state index contributed by atoms with van der Waals surface area (Å²) in [6.45, 7) is 3.53. The van der Waals surface area contributed by atoms with Gasteiger partial charge < -0.3 is 16.2 Å². The lowest BCUT2D eigenvalue weighted by atomic mass is 10.2. The fourth-order valence-corrected chi connectivity index (χ4v) is 1.46. The van der Waals surface area contributed by atoms with Gasteiger partial charge in [0.05, 0.1) is 18.0 Å². The molecule has 0 saturated carbocycles. The number of aromatic nitrogens is 2. The Labute approximate surface area is 94.4 Å². The highest BCUT2D eigenvalue weighted by atomic mass is 16.3. The molecule has 1 atom stereocenters. The molecule has 1 amide bonds. The van der Waals surface area contributed by atoms with Crippen LogP contribution in [0, 0.1) is 0 Å². The smallest absolute Gasteiger partial charge is 0.271 e. The Balaban J connectivity index is 2.95. The number of nitrogens with two attached hydrogens (primary N) is 1. The summed E-state index contributed by atoms with van der Waals surface area (Å²) < 4.78 is 1.47. The number of aliphatic hydroxyl groups is 1. The van der Waals surface area contributed by atoms with E-state index in [0.29, 0.717) is 23.5 Å². The molecule has 1 aromatic rings. The molecular formula is C10H18N4O2. The van der Waals surface area contributed by atoms with Crippen LogP contribution >= 0.6 is 0 Å². The molecule has 1 aromatic heterocycles. The fourth-order valence-electron chi connectivity index (χ4n) is 1.46. The summed E-state index contributed by atoms with van der Waals surface area (Å²) in [7, 11) is 1.67. The number of aryl methyl sites for hydroxylation is 2. The Morgan fingerprint density at radius 2 is 2.31 bits per heavy atom. The molecule has 0 aliphatic heterocycles. The van der Waals surface area contributed by atoms with E-state index >= 15 is 0 Å². The molecule has 0 aliphatic rings. The van der Waals surface area contributed by atoms with Gasteiger partial charge in [-0.2, -0.15) is 5.10 Å². The molecule has 0 fully saturated rings. The molecule has 0 saturated heterocycles. The second-order valence-electron chi connectivity index (χ2n) is 3.74. The van der Waals surface area contributed by atoms with Crippen LogP contribution in [-0.4, -0.2) is 33.4 Å². The molecule has 4 N–H and O–H groups in total. The van der Waals surface area contributed by atoms with Crippen LogP contribution in [0.25, 0.3) is 0 Å². The third kappa shape index (κ3) is 2.33. The minimum absolute atomic E-state index is 0.107. The first-order valence-corrected chi connectivity index (χ1v) is 5.24. The van der Waals surface area contributed by atoms with Crippen molar-refractivity contribution in [1.82, 2.24) is 15.1 Å². The van der Waals surface area contributed by atoms with Crippen molar-refractivity contribution in [2.45, 2.75) is 26.3 Å². The van der Waals surface area contributed by atoms with E-state index in [9.17, 15) is 4.79 Å². The van der Waals surface area contributed by atoms with Crippen molar-refractivity contribution < 1.29 is 9.90 Å². The number of carbonyl (C=O) groups is 1. The summed E-state index contributed by atoms with van der Waals surface area (Å²) in [4.78, 5) is 11.8. The van der Waals surface area contributed by atoms with E-state index in [1.54, 1.807) is 14.0 Å². The molecule has 1 rings (SSSR count). The van der Waals surface area contributed by atoms with Gasteiger partial charge in [-0.25, -0.2) is 0 Å². The summed E-state index contributed by atoms with van der Waals surface area (Å²) in [5.74, 6) is -0.311. The summed E-state index contributed by atoms with van der Waals surface area (Å²) in [5, 5.41) is 15.6. The van der Waals surface area contributed by atoms with Crippen LogP contribution in [0.5, 0.6) is 0 Å². The van der Waals surface area contributed by atoms with E-state index in [2.05, 4.69) is 10.4 Å². The van der Waals surface area contributed by atoms with Crippen LogP contribution in [0.3, 0.4) is 0 Å². The maximum Gasteiger partial charge on any atom is 0.271 e. The number of nitrogens with one attached hydrogen (secondary N) is 1. The maximum absolute atomic E-state index is 11.8. The zero-order chi connectivity index (χ0) is 12.3. The number of carbonyl (C=O) groups excluding carboxylic acids is 1. The Morgan fingerprint density at radius 1 is 1.69 bits per heavy atom. The van der Waals surface area contributed by atoms with Gasteiger partial charge in [0.15, 0.2) is 0 Å². The average Bonchev–Trinajstić information content (AvgIpc) is 2.53. The van der Waals surface area contributed by atoms with E-state index in [0.717, 1.165) is 0 Å². The number of aliphatic hydroxyl groups excluding tert-OH is 1. The SMILES string of the molecule is CCc1nn(C)c(C(=O)NC(C)CO)c1N. The Kier molecular flexibility index (Phi) is 3.89. The molecule has 16 heavy (non-hydrogen) atoms. The number of hydrogen-bond acceptors (Lipinski definition) is 4. The predicted molar refractivity (Wildman–Crippen MR) is 61.0 cm³/mol. The first-order chi connectivity index (χ1) is 7.51. The highest BCUT2D eigenvalue weighted by Gasteiger charge is 2.19. The van der Waals surface area contributed by atoms with E-state index in [1.165, 1.54) is 4.68 Å². The van der Waals surface area contributed by atoms with Gasteiger partial charge in [-0.1, -0.05) is 6.92 Å². The molecule has 1 unspecified atom stereocenters. The Bertz CT molecular complexity index is 386. The number of nitrogens with zero attached hydrogens (tertiary/aromatic N) is 2. The summed E-state index contributed by atoms with van der Waals surface area (Å²) in [5.41, 5.74) is 7.29. The van der Waals surface area contributed by atoms with E-state index < -0.39 is 0 Å². The van der Waals surface area contributed by atoms with Gasteiger partial charge in [0.1, 0.15) is 5.69 Å². The largest absolute Gasteiger partial charge is 0.395 e. The summed E-state index contributed by atoms with van der Waals surface area (Å²) in [6.07, 6.45) is 0.683. The van der Waals surface area contributed by atoms with Crippen molar-refractivity contribution in [3.8, 4) is 0 Å². The molecule has 1 heterocycles. The van der Waals surface area contributed by atoms with Crippen molar-refractivity contribution in [3.63, 3.8) is 0 Å². The lowest BCUT2D eigenvalue weighted by Gasteiger charge is -2.11. The van der Waals surface area contributed by atoms with Crippen LogP contribution in [-0.2, 0) is 13.5 Å². The number of amides is 1. The van der Waals surface area contributed by atoms with Crippen LogP contribution in [0.1, 0.15) is 30.0 Å². The van der Waals surface area contributed by atoms with Crippen molar-refractivity contribution in [3.05, 3.63) is 11.4 Å². The molecule has 90 valence electrons. The van der Waals surface area contributed by atoms with Crippen molar-refractivity contribution >= 4 is 11.6 Å². The van der Waals surface area contributed by atoms with Gasteiger partial charge in [-0.05, 0) is 13.3 Å². The fraction of sp³-hybridized carbons (Fsp3) is 0.600.